The number of carbonyl (C=O) groups is 1. The Morgan fingerprint density at radius 3 is 3.20 bits per heavy atom. The van der Waals surface area contributed by atoms with Gasteiger partial charge in [0.15, 0.2) is 5.13 Å². The van der Waals surface area contributed by atoms with Crippen LogP contribution >= 0.6 is 11.3 Å². The molecule has 1 aromatic heterocycles. The minimum absolute atomic E-state index is 0.125. The summed E-state index contributed by atoms with van der Waals surface area (Å²) in [5, 5.41) is 2.68. The average Bonchev–Trinajstić information content (AvgIpc) is 2.90. The van der Waals surface area contributed by atoms with Crippen molar-refractivity contribution in [3.63, 3.8) is 0 Å². The molecule has 0 spiro atoms. The second-order valence-corrected chi connectivity index (χ2v) is 4.32. The number of ether oxygens (including phenoxy) is 1. The Morgan fingerprint density at radius 1 is 1.80 bits per heavy atom. The van der Waals surface area contributed by atoms with E-state index in [9.17, 15) is 4.79 Å². The predicted molar refractivity (Wildman–Crippen MR) is 59.1 cm³/mol. The maximum atomic E-state index is 11.8. The monoisotopic (exact) mass is 226 g/mol. The molecule has 1 amide bonds. The van der Waals surface area contributed by atoms with Crippen molar-refractivity contribution in [2.45, 2.75) is 25.8 Å². The van der Waals surface area contributed by atoms with Crippen molar-refractivity contribution in [1.29, 1.82) is 0 Å². The number of aromatic nitrogens is 1. The van der Waals surface area contributed by atoms with Gasteiger partial charge in [-0.25, -0.2) is 4.98 Å². The molecule has 0 saturated carbocycles. The zero-order valence-electron chi connectivity index (χ0n) is 8.68. The van der Waals surface area contributed by atoms with E-state index in [0.717, 1.165) is 18.2 Å². The van der Waals surface area contributed by atoms with Crippen LogP contribution in [0, 0.1) is 0 Å². The van der Waals surface area contributed by atoms with E-state index in [0.29, 0.717) is 13.0 Å². The first-order valence-electron chi connectivity index (χ1n) is 5.12. The Balaban J connectivity index is 2.19. The lowest BCUT2D eigenvalue weighted by Gasteiger charge is -2.24. The lowest BCUT2D eigenvalue weighted by atomic mass is 10.2. The lowest BCUT2D eigenvalue weighted by molar-refractivity contribution is -0.118. The van der Waals surface area contributed by atoms with Crippen LogP contribution in [-0.2, 0) is 9.53 Å². The molecule has 0 N–H and O–H groups in total. The number of rotatable bonds is 3. The van der Waals surface area contributed by atoms with Crippen molar-refractivity contribution in [2.75, 3.05) is 18.1 Å². The van der Waals surface area contributed by atoms with Crippen molar-refractivity contribution in [3.05, 3.63) is 11.6 Å². The first-order chi connectivity index (χ1) is 7.33. The first kappa shape index (κ1) is 10.6. The number of thiazole rings is 1. The summed E-state index contributed by atoms with van der Waals surface area (Å²) < 4.78 is 5.31. The van der Waals surface area contributed by atoms with Crippen LogP contribution in [0.1, 0.15) is 19.8 Å². The summed E-state index contributed by atoms with van der Waals surface area (Å²) in [4.78, 5) is 17.8. The highest BCUT2D eigenvalue weighted by Crippen LogP contribution is 2.24. The molecule has 0 aliphatic carbocycles. The Kier molecular flexibility index (Phi) is 3.33. The normalized spacial score (nSPS) is 20.5. The number of anilines is 1. The molecule has 1 saturated heterocycles. The fourth-order valence-corrected chi connectivity index (χ4v) is 2.43. The highest BCUT2D eigenvalue weighted by Gasteiger charge is 2.29. The van der Waals surface area contributed by atoms with Gasteiger partial charge >= 0.3 is 0 Å². The van der Waals surface area contributed by atoms with Gasteiger partial charge in [-0.1, -0.05) is 6.92 Å². The molecule has 1 fully saturated rings. The minimum Gasteiger partial charge on any atom is -0.379 e. The van der Waals surface area contributed by atoms with Gasteiger partial charge in [-0.2, -0.15) is 0 Å². The van der Waals surface area contributed by atoms with Crippen molar-refractivity contribution >= 4 is 22.4 Å². The molecule has 1 atom stereocenters. The van der Waals surface area contributed by atoms with Crippen molar-refractivity contribution in [2.24, 2.45) is 0 Å². The van der Waals surface area contributed by atoms with Gasteiger partial charge in [-0.05, 0) is 6.42 Å². The molecule has 2 rings (SSSR count). The summed E-state index contributed by atoms with van der Waals surface area (Å²) in [6.45, 7) is 3.24. The molecule has 1 unspecified atom stereocenters. The molecular weight excluding hydrogens is 212 g/mol. The molecular formula is C10H14N2O2S. The van der Waals surface area contributed by atoms with E-state index in [2.05, 4.69) is 4.98 Å². The Hall–Kier alpha value is -0.940. The van der Waals surface area contributed by atoms with Crippen LogP contribution in [0.3, 0.4) is 0 Å². The lowest BCUT2D eigenvalue weighted by Crippen LogP contribution is -2.40. The number of hydrogen-bond acceptors (Lipinski definition) is 4. The van der Waals surface area contributed by atoms with Gasteiger partial charge in [0.05, 0.1) is 12.6 Å². The Morgan fingerprint density at radius 2 is 2.67 bits per heavy atom. The van der Waals surface area contributed by atoms with Crippen LogP contribution in [0.15, 0.2) is 11.6 Å². The molecule has 1 aliphatic heterocycles. The quantitative estimate of drug-likeness (QED) is 0.787. The fraction of sp³-hybridized carbons (Fsp3) is 0.600. The van der Waals surface area contributed by atoms with Crippen LogP contribution in [0.4, 0.5) is 5.13 Å². The molecule has 1 aromatic rings. The zero-order chi connectivity index (χ0) is 10.7. The largest absolute Gasteiger partial charge is 0.379 e. The van der Waals surface area contributed by atoms with Gasteiger partial charge < -0.3 is 4.74 Å². The van der Waals surface area contributed by atoms with E-state index in [1.807, 2.05) is 12.3 Å². The van der Waals surface area contributed by atoms with Crippen molar-refractivity contribution in [3.8, 4) is 0 Å². The maximum absolute atomic E-state index is 11.8. The Bertz CT molecular complexity index is 320. The van der Waals surface area contributed by atoms with Crippen molar-refractivity contribution in [1.82, 2.24) is 4.98 Å². The number of hydrogen-bond donors (Lipinski definition) is 0. The van der Waals surface area contributed by atoms with E-state index in [1.165, 1.54) is 11.3 Å². The number of nitrogens with zero attached hydrogens (tertiary/aromatic N) is 2. The second kappa shape index (κ2) is 4.72. The summed E-state index contributed by atoms with van der Waals surface area (Å²) in [7, 11) is 0. The van der Waals surface area contributed by atoms with E-state index in [-0.39, 0.29) is 11.9 Å². The zero-order valence-corrected chi connectivity index (χ0v) is 9.50. The van der Waals surface area contributed by atoms with Gasteiger partial charge in [0, 0.05) is 24.6 Å². The highest BCUT2D eigenvalue weighted by molar-refractivity contribution is 7.13. The predicted octanol–water partition coefficient (Wildman–Crippen LogP) is 1.68. The third-order valence-electron chi connectivity index (χ3n) is 2.47. The van der Waals surface area contributed by atoms with Gasteiger partial charge in [-0.3, -0.25) is 9.69 Å². The summed E-state index contributed by atoms with van der Waals surface area (Å²) in [6.07, 6.45) is 3.15. The SMILES string of the molecule is CCC(=O)N(c1nccs1)C1CCOC1. The minimum atomic E-state index is 0.125. The second-order valence-electron chi connectivity index (χ2n) is 3.45. The molecule has 15 heavy (non-hydrogen) atoms. The van der Waals surface area contributed by atoms with Gasteiger partial charge in [-0.15, -0.1) is 11.3 Å². The highest BCUT2D eigenvalue weighted by atomic mass is 32.1. The van der Waals surface area contributed by atoms with Gasteiger partial charge in [0.2, 0.25) is 5.91 Å². The van der Waals surface area contributed by atoms with Crippen molar-refractivity contribution < 1.29 is 9.53 Å². The van der Waals surface area contributed by atoms with E-state index >= 15 is 0 Å². The summed E-state index contributed by atoms with van der Waals surface area (Å²) >= 11 is 1.50. The van der Waals surface area contributed by atoms with Crippen LogP contribution < -0.4 is 4.90 Å². The molecule has 5 heteroatoms. The van der Waals surface area contributed by atoms with Crippen LogP contribution in [-0.4, -0.2) is 30.1 Å². The maximum Gasteiger partial charge on any atom is 0.228 e. The molecule has 1 aliphatic rings. The van der Waals surface area contributed by atoms with Crippen LogP contribution in [0.2, 0.25) is 0 Å². The molecule has 0 radical (unpaired) electrons. The fourth-order valence-electron chi connectivity index (χ4n) is 1.70. The summed E-state index contributed by atoms with van der Waals surface area (Å²) in [6, 6.07) is 0.170. The molecule has 4 nitrogen and oxygen atoms in total. The Labute approximate surface area is 92.9 Å². The first-order valence-corrected chi connectivity index (χ1v) is 6.00. The van der Waals surface area contributed by atoms with Crippen LogP contribution in [0.5, 0.6) is 0 Å². The smallest absolute Gasteiger partial charge is 0.228 e. The number of carbonyl (C=O) groups excluding carboxylic acids is 1. The number of amides is 1. The van der Waals surface area contributed by atoms with E-state index in [4.69, 9.17) is 4.74 Å². The molecule has 82 valence electrons. The molecule has 0 aromatic carbocycles. The summed E-state index contributed by atoms with van der Waals surface area (Å²) in [5.74, 6) is 0.125. The third-order valence-corrected chi connectivity index (χ3v) is 3.24. The molecule has 2 heterocycles. The van der Waals surface area contributed by atoms with E-state index in [1.54, 1.807) is 11.1 Å². The third kappa shape index (κ3) is 2.18. The van der Waals surface area contributed by atoms with Crippen LogP contribution in [0.25, 0.3) is 0 Å². The molecule has 0 bridgehead atoms. The van der Waals surface area contributed by atoms with E-state index < -0.39 is 0 Å². The standard InChI is InChI=1S/C10H14N2O2S/c1-2-9(13)12(8-3-5-14-7-8)10-11-4-6-15-10/h4,6,8H,2-3,5,7H2,1H3. The average molecular weight is 226 g/mol. The topological polar surface area (TPSA) is 42.4 Å². The van der Waals surface area contributed by atoms with Gasteiger partial charge in [0.1, 0.15) is 0 Å². The summed E-state index contributed by atoms with van der Waals surface area (Å²) in [5.41, 5.74) is 0. The van der Waals surface area contributed by atoms with Gasteiger partial charge in [0.25, 0.3) is 0 Å².